The lowest BCUT2D eigenvalue weighted by Gasteiger charge is -2.44. The van der Waals surface area contributed by atoms with E-state index in [4.69, 9.17) is 4.98 Å². The molecule has 4 nitrogen and oxygen atoms in total. The summed E-state index contributed by atoms with van der Waals surface area (Å²) >= 11 is 1.73. The highest BCUT2D eigenvalue weighted by molar-refractivity contribution is 7.09. The van der Waals surface area contributed by atoms with Gasteiger partial charge in [0.05, 0.1) is 29.4 Å². The van der Waals surface area contributed by atoms with Gasteiger partial charge in [0.2, 0.25) is 0 Å². The fraction of sp³-hybridized carbons (Fsp3) is 0.667. The molecule has 1 heterocycles. The second-order valence-corrected chi connectivity index (χ2v) is 13.8. The molecule has 3 N–H and O–H groups in total. The number of allylic oxidation sites excluding steroid dienone is 4. The molecule has 0 saturated heterocycles. The molecule has 4 aliphatic carbocycles. The summed E-state index contributed by atoms with van der Waals surface area (Å²) in [5.74, 6) is 1.60. The largest absolute Gasteiger partial charge is 0.393 e. The SMILES string of the molecule is C=C1C(=CC=C2CCC[C@]3(C)[C@@H]([C@@H](C)C=C[C@@H](O)C4(c5nc(CCC)cs5)CC4)CC[C@@H]23)C[C@@H](O)C[C@@H]1O. The van der Waals surface area contributed by atoms with Crippen LogP contribution in [0.2, 0.25) is 0 Å². The molecule has 7 atom stereocenters. The van der Waals surface area contributed by atoms with Gasteiger partial charge in [0.15, 0.2) is 0 Å². The Hall–Kier alpha value is -1.53. The van der Waals surface area contributed by atoms with Crippen molar-refractivity contribution in [3.05, 3.63) is 63.7 Å². The van der Waals surface area contributed by atoms with Gasteiger partial charge in [-0.15, -0.1) is 11.3 Å². The van der Waals surface area contributed by atoms with Gasteiger partial charge in [-0.3, -0.25) is 0 Å². The van der Waals surface area contributed by atoms with Crippen LogP contribution in [-0.4, -0.2) is 38.6 Å². The summed E-state index contributed by atoms with van der Waals surface area (Å²) in [7, 11) is 0. The summed E-state index contributed by atoms with van der Waals surface area (Å²) in [6, 6.07) is 0. The monoisotopic (exact) mass is 537 g/mol. The molecule has 0 unspecified atom stereocenters. The normalized spacial score (nSPS) is 36.6. The van der Waals surface area contributed by atoms with E-state index in [0.717, 1.165) is 48.3 Å². The molecular weight excluding hydrogens is 490 g/mol. The number of hydrogen-bond acceptors (Lipinski definition) is 5. The summed E-state index contributed by atoms with van der Waals surface area (Å²) in [5, 5.41) is 34.9. The van der Waals surface area contributed by atoms with E-state index in [0.29, 0.717) is 30.6 Å². The Labute approximate surface area is 233 Å². The lowest BCUT2D eigenvalue weighted by atomic mass is 9.61. The van der Waals surface area contributed by atoms with Gasteiger partial charge in [0.25, 0.3) is 0 Å². The number of aromatic nitrogens is 1. The van der Waals surface area contributed by atoms with E-state index in [1.807, 2.05) is 0 Å². The molecule has 4 saturated carbocycles. The van der Waals surface area contributed by atoms with Crippen LogP contribution < -0.4 is 0 Å². The highest BCUT2D eigenvalue weighted by atomic mass is 32.1. The van der Waals surface area contributed by atoms with E-state index in [-0.39, 0.29) is 10.8 Å². The van der Waals surface area contributed by atoms with Crippen molar-refractivity contribution in [2.24, 2.45) is 23.2 Å². The second kappa shape index (κ2) is 11.2. The Bertz CT molecular complexity index is 1110. The third-order valence-electron chi connectivity index (χ3n) is 10.4. The van der Waals surface area contributed by atoms with E-state index >= 15 is 0 Å². The summed E-state index contributed by atoms with van der Waals surface area (Å²) < 4.78 is 0. The molecular formula is C33H47NO3S. The fourth-order valence-electron chi connectivity index (χ4n) is 7.88. The van der Waals surface area contributed by atoms with Gasteiger partial charge >= 0.3 is 0 Å². The van der Waals surface area contributed by atoms with Gasteiger partial charge in [-0.2, -0.15) is 0 Å². The molecule has 0 amide bonds. The first-order valence-corrected chi connectivity index (χ1v) is 15.8. The molecule has 4 aliphatic rings. The summed E-state index contributed by atoms with van der Waals surface area (Å²) in [6.45, 7) is 11.1. The highest BCUT2D eigenvalue weighted by Gasteiger charge is 2.53. The number of fused-ring (bicyclic) bond motifs is 1. The maximum Gasteiger partial charge on any atom is 0.102 e. The van der Waals surface area contributed by atoms with E-state index < -0.39 is 18.3 Å². The number of thiazole rings is 1. The van der Waals surface area contributed by atoms with Crippen molar-refractivity contribution in [2.75, 3.05) is 0 Å². The van der Waals surface area contributed by atoms with Crippen LogP contribution in [0.4, 0.5) is 0 Å². The molecule has 0 bridgehead atoms. The van der Waals surface area contributed by atoms with Crippen LogP contribution in [0.25, 0.3) is 0 Å². The Kier molecular flexibility index (Phi) is 8.22. The number of aliphatic hydroxyl groups excluding tert-OH is 3. The van der Waals surface area contributed by atoms with Crippen molar-refractivity contribution < 1.29 is 15.3 Å². The molecule has 5 heteroatoms. The minimum absolute atomic E-state index is 0.159. The van der Waals surface area contributed by atoms with Crippen molar-refractivity contribution in [2.45, 2.75) is 115 Å². The number of aliphatic hydroxyl groups is 3. The third-order valence-corrected chi connectivity index (χ3v) is 11.5. The number of hydrogen-bond donors (Lipinski definition) is 3. The van der Waals surface area contributed by atoms with Crippen LogP contribution in [0.5, 0.6) is 0 Å². The molecule has 0 aliphatic heterocycles. The zero-order chi connectivity index (χ0) is 27.1. The van der Waals surface area contributed by atoms with Crippen molar-refractivity contribution in [3.63, 3.8) is 0 Å². The molecule has 38 heavy (non-hydrogen) atoms. The van der Waals surface area contributed by atoms with Crippen LogP contribution in [0.1, 0.15) is 95.7 Å². The first-order valence-electron chi connectivity index (χ1n) is 14.9. The average Bonchev–Trinajstić information content (AvgIpc) is 3.42. The number of nitrogens with zero attached hydrogens (tertiary/aromatic N) is 1. The van der Waals surface area contributed by atoms with E-state index in [2.05, 4.69) is 57.0 Å². The van der Waals surface area contributed by atoms with Crippen LogP contribution in [0.3, 0.4) is 0 Å². The number of aryl methyl sites for hydroxylation is 1. The van der Waals surface area contributed by atoms with Crippen LogP contribution in [0, 0.1) is 23.2 Å². The Morgan fingerprint density at radius 2 is 1.97 bits per heavy atom. The standard InChI is InChI=1S/C33H47NO3S/c1-5-7-25-20-38-31(34-25)33(16-17-33)30(37)14-9-21(2)27-12-13-28-23(8-6-15-32(27,28)4)10-11-24-18-26(35)19-29(36)22(24)3/h9-11,14,20-21,26-30,35-37H,3,5-8,12-13,15-19H2,1-2,4H3/t21-,26+,27+,28-,29-,30+,32+/m0/s1. The van der Waals surface area contributed by atoms with Crippen molar-refractivity contribution in [3.8, 4) is 0 Å². The van der Waals surface area contributed by atoms with Crippen LogP contribution in [-0.2, 0) is 11.8 Å². The van der Waals surface area contributed by atoms with Crippen molar-refractivity contribution >= 4 is 11.3 Å². The molecule has 0 aromatic carbocycles. The Morgan fingerprint density at radius 3 is 2.71 bits per heavy atom. The minimum atomic E-state index is -0.636. The maximum atomic E-state index is 11.2. The molecule has 208 valence electrons. The smallest absolute Gasteiger partial charge is 0.102 e. The lowest BCUT2D eigenvalue weighted by Crippen LogP contribution is -2.35. The molecule has 1 aromatic rings. The zero-order valence-electron chi connectivity index (χ0n) is 23.5. The molecule has 5 rings (SSSR count). The maximum absolute atomic E-state index is 11.2. The van der Waals surface area contributed by atoms with Gasteiger partial charge in [-0.05, 0) is 92.1 Å². The third kappa shape index (κ3) is 5.29. The quantitative estimate of drug-likeness (QED) is 0.318. The molecule has 1 aromatic heterocycles. The number of rotatable bonds is 8. The van der Waals surface area contributed by atoms with Crippen molar-refractivity contribution in [1.82, 2.24) is 4.98 Å². The second-order valence-electron chi connectivity index (χ2n) is 12.9. The summed E-state index contributed by atoms with van der Waals surface area (Å²) in [5.41, 5.74) is 4.56. The van der Waals surface area contributed by atoms with Crippen LogP contribution >= 0.6 is 11.3 Å². The molecule has 0 radical (unpaired) electrons. The predicted molar refractivity (Wildman–Crippen MR) is 156 cm³/mol. The minimum Gasteiger partial charge on any atom is -0.393 e. The summed E-state index contributed by atoms with van der Waals surface area (Å²) in [6.07, 6.45) is 18.4. The van der Waals surface area contributed by atoms with E-state index in [9.17, 15) is 15.3 Å². The van der Waals surface area contributed by atoms with Crippen molar-refractivity contribution in [1.29, 1.82) is 0 Å². The van der Waals surface area contributed by atoms with Gasteiger partial charge < -0.3 is 15.3 Å². The first-order chi connectivity index (χ1) is 18.2. The van der Waals surface area contributed by atoms with Gasteiger partial charge in [-0.1, -0.05) is 63.6 Å². The van der Waals surface area contributed by atoms with Gasteiger partial charge in [-0.25, -0.2) is 4.98 Å². The van der Waals surface area contributed by atoms with Crippen LogP contribution in [0.15, 0.2) is 53.0 Å². The van der Waals surface area contributed by atoms with Gasteiger partial charge in [0.1, 0.15) is 5.01 Å². The zero-order valence-corrected chi connectivity index (χ0v) is 24.3. The predicted octanol–water partition coefficient (Wildman–Crippen LogP) is 6.82. The molecule has 4 fully saturated rings. The average molecular weight is 538 g/mol. The van der Waals surface area contributed by atoms with E-state index in [1.54, 1.807) is 11.3 Å². The highest BCUT2D eigenvalue weighted by Crippen LogP contribution is 2.60. The molecule has 0 spiro atoms. The fourth-order valence-corrected chi connectivity index (χ4v) is 9.03. The first kappa shape index (κ1) is 28.0. The van der Waals surface area contributed by atoms with E-state index in [1.165, 1.54) is 37.0 Å². The Balaban J connectivity index is 1.27. The topological polar surface area (TPSA) is 73.6 Å². The van der Waals surface area contributed by atoms with Gasteiger partial charge in [0, 0.05) is 11.8 Å². The Morgan fingerprint density at radius 1 is 1.18 bits per heavy atom. The lowest BCUT2D eigenvalue weighted by molar-refractivity contribution is 0.0862. The summed E-state index contributed by atoms with van der Waals surface area (Å²) in [4.78, 5) is 4.88.